The Balaban J connectivity index is 2.25. The number of methoxy groups -OCH3 is 1. The molecule has 0 bridgehead atoms. The summed E-state index contributed by atoms with van der Waals surface area (Å²) >= 11 is 0. The number of benzene rings is 1. The van der Waals surface area contributed by atoms with Crippen LogP contribution >= 0.6 is 0 Å². The van der Waals surface area contributed by atoms with Crippen LogP contribution in [-0.4, -0.2) is 51.1 Å². The summed E-state index contributed by atoms with van der Waals surface area (Å²) in [5, 5.41) is 2.80. The number of aryl methyl sites for hydroxylation is 1. The zero-order valence-electron chi connectivity index (χ0n) is 16.8. The Morgan fingerprint density at radius 1 is 1.26 bits per heavy atom. The van der Waals surface area contributed by atoms with Gasteiger partial charge in [0, 0.05) is 18.8 Å². The molecule has 7 heteroatoms. The van der Waals surface area contributed by atoms with Crippen LogP contribution in [0.2, 0.25) is 0 Å². The molecule has 1 N–H and O–H groups in total. The number of rotatable bonds is 5. The van der Waals surface area contributed by atoms with E-state index in [-0.39, 0.29) is 6.42 Å². The van der Waals surface area contributed by atoms with Crippen molar-refractivity contribution in [1.82, 2.24) is 5.32 Å². The highest BCUT2D eigenvalue weighted by Crippen LogP contribution is 2.27. The Morgan fingerprint density at radius 2 is 1.93 bits per heavy atom. The molecule has 1 saturated heterocycles. The van der Waals surface area contributed by atoms with E-state index >= 15 is 0 Å². The molecule has 1 aromatic rings. The number of hydrogen-bond donors (Lipinski definition) is 1. The van der Waals surface area contributed by atoms with Crippen LogP contribution in [-0.2, 0) is 19.0 Å². The van der Waals surface area contributed by atoms with Gasteiger partial charge in [0.2, 0.25) is 0 Å². The third kappa shape index (κ3) is 6.43. The van der Waals surface area contributed by atoms with Gasteiger partial charge < -0.3 is 24.4 Å². The van der Waals surface area contributed by atoms with Crippen molar-refractivity contribution in [3.05, 3.63) is 29.3 Å². The third-order valence-corrected chi connectivity index (χ3v) is 4.28. The van der Waals surface area contributed by atoms with Crippen LogP contribution in [0.15, 0.2) is 18.2 Å². The zero-order valence-corrected chi connectivity index (χ0v) is 16.8. The lowest BCUT2D eigenvalue weighted by atomic mass is 10.00. The molecule has 1 aliphatic heterocycles. The first-order valence-electron chi connectivity index (χ1n) is 9.19. The van der Waals surface area contributed by atoms with Gasteiger partial charge in [-0.25, -0.2) is 4.79 Å². The second kappa shape index (κ2) is 9.08. The normalized spacial score (nSPS) is 15.8. The second-order valence-electron chi connectivity index (χ2n) is 7.62. The molecule has 1 heterocycles. The Labute approximate surface area is 161 Å². The molecule has 1 amide bonds. The van der Waals surface area contributed by atoms with Crippen LogP contribution < -0.4 is 10.2 Å². The van der Waals surface area contributed by atoms with Crippen molar-refractivity contribution >= 4 is 17.7 Å². The molecule has 7 nitrogen and oxygen atoms in total. The average Bonchev–Trinajstić information content (AvgIpc) is 2.60. The van der Waals surface area contributed by atoms with E-state index in [0.29, 0.717) is 13.2 Å². The van der Waals surface area contributed by atoms with E-state index in [9.17, 15) is 9.59 Å². The van der Waals surface area contributed by atoms with Gasteiger partial charge in [0.05, 0.1) is 32.8 Å². The van der Waals surface area contributed by atoms with Gasteiger partial charge in [0.1, 0.15) is 5.60 Å². The van der Waals surface area contributed by atoms with E-state index in [1.807, 2.05) is 25.1 Å². The number of carbonyl (C=O) groups is 2. The number of ether oxygens (including phenoxy) is 3. The Kier molecular flexibility index (Phi) is 7.07. The fourth-order valence-electron chi connectivity index (χ4n) is 2.94. The molecule has 0 saturated carbocycles. The number of nitrogens with zero attached hydrogens (tertiary/aromatic N) is 1. The topological polar surface area (TPSA) is 77.1 Å². The van der Waals surface area contributed by atoms with Crippen molar-refractivity contribution in [3.63, 3.8) is 0 Å². The largest absolute Gasteiger partial charge is 0.469 e. The number of alkyl carbamates (subject to hydrolysis) is 1. The van der Waals surface area contributed by atoms with Crippen molar-refractivity contribution in [3.8, 4) is 0 Å². The molecular formula is C20H30N2O5. The van der Waals surface area contributed by atoms with Crippen LogP contribution in [0.3, 0.4) is 0 Å². The van der Waals surface area contributed by atoms with Crippen LogP contribution in [0, 0.1) is 6.92 Å². The van der Waals surface area contributed by atoms with Crippen molar-refractivity contribution in [2.45, 2.75) is 45.8 Å². The minimum absolute atomic E-state index is 0.0291. The first-order chi connectivity index (χ1) is 12.7. The van der Waals surface area contributed by atoms with Gasteiger partial charge in [-0.05, 0) is 44.9 Å². The highest BCUT2D eigenvalue weighted by Gasteiger charge is 2.24. The summed E-state index contributed by atoms with van der Waals surface area (Å²) < 4.78 is 15.6. The van der Waals surface area contributed by atoms with E-state index in [4.69, 9.17) is 14.2 Å². The maximum absolute atomic E-state index is 12.3. The first-order valence-corrected chi connectivity index (χ1v) is 9.19. The number of anilines is 1. The summed E-state index contributed by atoms with van der Waals surface area (Å²) in [4.78, 5) is 26.4. The summed E-state index contributed by atoms with van der Waals surface area (Å²) in [6.45, 7) is 10.4. The molecule has 0 aromatic heterocycles. The van der Waals surface area contributed by atoms with E-state index < -0.39 is 23.7 Å². The molecule has 2 rings (SSSR count). The van der Waals surface area contributed by atoms with Gasteiger partial charge in [-0.15, -0.1) is 0 Å². The lowest BCUT2D eigenvalue weighted by molar-refractivity contribution is -0.141. The molecule has 0 aliphatic carbocycles. The summed E-state index contributed by atoms with van der Waals surface area (Å²) in [6.07, 6.45) is -0.536. The smallest absolute Gasteiger partial charge is 0.408 e. The molecule has 0 radical (unpaired) electrons. The summed E-state index contributed by atoms with van der Waals surface area (Å²) in [5.74, 6) is -0.399. The highest BCUT2D eigenvalue weighted by atomic mass is 16.6. The molecule has 27 heavy (non-hydrogen) atoms. The van der Waals surface area contributed by atoms with Gasteiger partial charge in [0.15, 0.2) is 0 Å². The molecule has 0 spiro atoms. The minimum atomic E-state index is -0.619. The van der Waals surface area contributed by atoms with E-state index in [1.165, 1.54) is 7.11 Å². The molecule has 1 fully saturated rings. The molecule has 150 valence electrons. The summed E-state index contributed by atoms with van der Waals surface area (Å²) in [5.41, 5.74) is 2.43. The van der Waals surface area contributed by atoms with E-state index in [1.54, 1.807) is 20.8 Å². The second-order valence-corrected chi connectivity index (χ2v) is 7.62. The number of morpholine rings is 1. The van der Waals surface area contributed by atoms with E-state index in [2.05, 4.69) is 10.2 Å². The standard InChI is InChI=1S/C20H30N2O5/c1-14-6-7-15(12-17(14)22-8-10-26-11-9-22)16(13-18(23)25-5)21-19(24)27-20(2,3)4/h6-7,12,16H,8-11,13H2,1-5H3,(H,21,24). The summed E-state index contributed by atoms with van der Waals surface area (Å²) in [6, 6.07) is 5.41. The molecule has 1 unspecified atom stereocenters. The molecule has 1 aromatic carbocycles. The number of carbonyl (C=O) groups excluding carboxylic acids is 2. The number of amides is 1. The number of hydrogen-bond acceptors (Lipinski definition) is 6. The Morgan fingerprint density at radius 3 is 2.52 bits per heavy atom. The van der Waals surface area contributed by atoms with E-state index in [0.717, 1.165) is 29.9 Å². The SMILES string of the molecule is COC(=O)CC(NC(=O)OC(C)(C)C)c1ccc(C)c(N2CCOCC2)c1. The van der Waals surface area contributed by atoms with Gasteiger partial charge in [-0.2, -0.15) is 0 Å². The quantitative estimate of drug-likeness (QED) is 0.794. The van der Waals surface area contributed by atoms with Crippen LogP contribution in [0.5, 0.6) is 0 Å². The monoisotopic (exact) mass is 378 g/mol. The fraction of sp³-hybridized carbons (Fsp3) is 0.600. The number of nitrogens with one attached hydrogen (secondary N) is 1. The Hall–Kier alpha value is -2.28. The van der Waals surface area contributed by atoms with Crippen LogP contribution in [0.4, 0.5) is 10.5 Å². The van der Waals surface area contributed by atoms with Crippen molar-refractivity contribution in [2.24, 2.45) is 0 Å². The Bertz CT molecular complexity index is 663. The van der Waals surface area contributed by atoms with Crippen LogP contribution in [0.1, 0.15) is 44.4 Å². The fourth-order valence-corrected chi connectivity index (χ4v) is 2.94. The first kappa shape index (κ1) is 21.0. The van der Waals surface area contributed by atoms with Gasteiger partial charge in [-0.3, -0.25) is 4.79 Å². The highest BCUT2D eigenvalue weighted by molar-refractivity contribution is 5.73. The van der Waals surface area contributed by atoms with Gasteiger partial charge in [-0.1, -0.05) is 12.1 Å². The van der Waals surface area contributed by atoms with Crippen LogP contribution in [0.25, 0.3) is 0 Å². The zero-order chi connectivity index (χ0) is 20.0. The minimum Gasteiger partial charge on any atom is -0.469 e. The average molecular weight is 378 g/mol. The van der Waals surface area contributed by atoms with Gasteiger partial charge in [0.25, 0.3) is 0 Å². The molecule has 1 atom stereocenters. The third-order valence-electron chi connectivity index (χ3n) is 4.28. The van der Waals surface area contributed by atoms with Gasteiger partial charge >= 0.3 is 12.1 Å². The molecular weight excluding hydrogens is 348 g/mol. The maximum atomic E-state index is 12.3. The maximum Gasteiger partial charge on any atom is 0.408 e. The molecule has 1 aliphatic rings. The predicted octanol–water partition coefficient (Wildman–Crippen LogP) is 2.96. The summed E-state index contributed by atoms with van der Waals surface area (Å²) in [7, 11) is 1.33. The van der Waals surface area contributed by atoms with Crippen molar-refractivity contribution in [2.75, 3.05) is 38.3 Å². The van der Waals surface area contributed by atoms with Crippen molar-refractivity contribution in [1.29, 1.82) is 0 Å². The predicted molar refractivity (Wildman–Crippen MR) is 103 cm³/mol. The lowest BCUT2D eigenvalue weighted by Gasteiger charge is -2.31. The number of esters is 1. The van der Waals surface area contributed by atoms with Crippen molar-refractivity contribution < 1.29 is 23.8 Å². The lowest BCUT2D eigenvalue weighted by Crippen LogP contribution is -2.37.